The van der Waals surface area contributed by atoms with Crippen molar-refractivity contribution in [3.8, 4) is 5.75 Å². The summed E-state index contributed by atoms with van der Waals surface area (Å²) in [5.41, 5.74) is 5.00. The molecule has 2 aliphatic heterocycles. The van der Waals surface area contributed by atoms with Crippen molar-refractivity contribution < 1.29 is 22.4 Å². The zero-order valence-corrected chi connectivity index (χ0v) is 24.4. The predicted molar refractivity (Wildman–Crippen MR) is 158 cm³/mol. The van der Waals surface area contributed by atoms with Crippen LogP contribution in [0.15, 0.2) is 52.9 Å². The quantitative estimate of drug-likeness (QED) is 0.428. The van der Waals surface area contributed by atoms with Gasteiger partial charge in [-0.25, -0.2) is 8.42 Å². The number of anilines is 2. The van der Waals surface area contributed by atoms with Crippen molar-refractivity contribution in [2.45, 2.75) is 45.6 Å². The number of carbonyl (C=O) groups excluding carboxylic acids is 1. The summed E-state index contributed by atoms with van der Waals surface area (Å²) >= 11 is 0. The fourth-order valence-corrected chi connectivity index (χ4v) is 6.86. The lowest BCUT2D eigenvalue weighted by molar-refractivity contribution is -0.121. The number of ether oxygens (including phenoxy) is 1. The van der Waals surface area contributed by atoms with Crippen molar-refractivity contribution in [1.82, 2.24) is 5.32 Å². The second-order valence-electron chi connectivity index (χ2n) is 10.9. The van der Waals surface area contributed by atoms with Gasteiger partial charge in [-0.1, -0.05) is 18.2 Å². The molecule has 3 aromatic rings. The second kappa shape index (κ2) is 12.0. The second-order valence-corrected chi connectivity index (χ2v) is 13.2. The van der Waals surface area contributed by atoms with E-state index in [9.17, 15) is 13.2 Å². The van der Waals surface area contributed by atoms with Crippen LogP contribution in [-0.2, 0) is 21.1 Å². The van der Waals surface area contributed by atoms with Crippen molar-refractivity contribution >= 4 is 27.1 Å². The topological polar surface area (TPSA) is 92.1 Å². The van der Waals surface area contributed by atoms with Gasteiger partial charge in [0.05, 0.1) is 30.7 Å². The molecule has 9 heteroatoms. The number of furan rings is 1. The number of rotatable bonds is 8. The number of amides is 1. The maximum atomic E-state index is 13.6. The van der Waals surface area contributed by atoms with Crippen molar-refractivity contribution in [1.29, 1.82) is 0 Å². The molecule has 5 rings (SSSR count). The Labute approximate surface area is 237 Å². The highest BCUT2D eigenvalue weighted by molar-refractivity contribution is 7.91. The fraction of sp³-hybridized carbons (Fsp3) is 0.452. The van der Waals surface area contributed by atoms with Crippen molar-refractivity contribution in [2.75, 3.05) is 54.6 Å². The Hall–Kier alpha value is -3.46. The number of hydrogen-bond acceptors (Lipinski definition) is 7. The van der Waals surface area contributed by atoms with E-state index in [-0.39, 0.29) is 23.8 Å². The number of hydrogen-bond donors (Lipinski definition) is 1. The van der Waals surface area contributed by atoms with E-state index in [0.29, 0.717) is 24.6 Å². The van der Waals surface area contributed by atoms with E-state index in [0.717, 1.165) is 54.2 Å². The van der Waals surface area contributed by atoms with Crippen molar-refractivity contribution in [2.24, 2.45) is 0 Å². The summed E-state index contributed by atoms with van der Waals surface area (Å²) < 4.78 is 35.5. The smallest absolute Gasteiger partial charge is 0.225 e. The molecule has 1 atom stereocenters. The van der Waals surface area contributed by atoms with Gasteiger partial charge in [0.1, 0.15) is 23.3 Å². The molecule has 0 radical (unpaired) electrons. The number of nitrogens with zero attached hydrogens (tertiary/aromatic N) is 2. The molecular formula is C31H39N3O5S. The molecule has 2 aromatic carbocycles. The third-order valence-electron chi connectivity index (χ3n) is 7.84. The number of piperidine rings is 1. The Morgan fingerprint density at radius 1 is 0.925 bits per heavy atom. The van der Waals surface area contributed by atoms with E-state index < -0.39 is 15.9 Å². The van der Waals surface area contributed by atoms with Gasteiger partial charge < -0.3 is 24.3 Å². The summed E-state index contributed by atoms with van der Waals surface area (Å²) in [6, 6.07) is 15.5. The zero-order valence-electron chi connectivity index (χ0n) is 23.6. The van der Waals surface area contributed by atoms with Gasteiger partial charge in [0.15, 0.2) is 9.84 Å². The molecule has 0 spiro atoms. The van der Waals surface area contributed by atoms with Crippen LogP contribution < -0.4 is 19.9 Å². The van der Waals surface area contributed by atoms with Gasteiger partial charge >= 0.3 is 0 Å². The van der Waals surface area contributed by atoms with Crippen LogP contribution in [0.25, 0.3) is 0 Å². The lowest BCUT2D eigenvalue weighted by Gasteiger charge is -2.33. The molecule has 0 bridgehead atoms. The first-order chi connectivity index (χ1) is 19.2. The highest BCUT2D eigenvalue weighted by atomic mass is 32.2. The number of aryl methyl sites for hydroxylation is 2. The van der Waals surface area contributed by atoms with Gasteiger partial charge in [-0.05, 0) is 74.6 Å². The molecule has 3 heterocycles. The summed E-state index contributed by atoms with van der Waals surface area (Å²) in [7, 11) is -1.41. The molecule has 0 saturated carbocycles. The molecule has 0 aliphatic carbocycles. The number of methoxy groups -OCH3 is 1. The minimum absolute atomic E-state index is 0.112. The molecule has 2 fully saturated rings. The Morgan fingerprint density at radius 2 is 1.65 bits per heavy atom. The SMILES string of the molecule is COc1ccc(CC(=O)NC(c2ccc(C)o2)c2ccc(C)cc2N2CCCCC2)cc1N1CCS(=O)(=O)CC1. The normalized spacial score (nSPS) is 17.9. The van der Waals surface area contributed by atoms with Gasteiger partial charge in [0.2, 0.25) is 5.91 Å². The lowest BCUT2D eigenvalue weighted by atomic mass is 9.97. The van der Waals surface area contributed by atoms with Gasteiger partial charge in [0, 0.05) is 37.4 Å². The van der Waals surface area contributed by atoms with Crippen LogP contribution >= 0.6 is 0 Å². The van der Waals surface area contributed by atoms with Crippen molar-refractivity contribution in [3.63, 3.8) is 0 Å². The summed E-state index contributed by atoms with van der Waals surface area (Å²) in [5.74, 6) is 2.27. The first-order valence-electron chi connectivity index (χ1n) is 14.1. The van der Waals surface area contributed by atoms with Crippen LogP contribution in [0.1, 0.15) is 53.5 Å². The summed E-state index contributed by atoms with van der Waals surface area (Å²) in [6.45, 7) is 6.82. The van der Waals surface area contributed by atoms with Gasteiger partial charge in [-0.2, -0.15) is 0 Å². The largest absolute Gasteiger partial charge is 0.495 e. The average molecular weight is 566 g/mol. The molecular weight excluding hydrogens is 526 g/mol. The van der Waals surface area contributed by atoms with E-state index >= 15 is 0 Å². The Balaban J connectivity index is 1.41. The number of carbonyl (C=O) groups is 1. The maximum Gasteiger partial charge on any atom is 0.225 e. The van der Waals surface area contributed by atoms with Crippen LogP contribution in [-0.4, -0.2) is 59.1 Å². The highest BCUT2D eigenvalue weighted by Gasteiger charge is 2.27. The van der Waals surface area contributed by atoms with Crippen LogP contribution in [0.5, 0.6) is 5.75 Å². The third kappa shape index (κ3) is 6.46. The molecule has 40 heavy (non-hydrogen) atoms. The van der Waals surface area contributed by atoms with Crippen LogP contribution in [0.3, 0.4) is 0 Å². The summed E-state index contributed by atoms with van der Waals surface area (Å²) in [6.07, 6.45) is 3.73. The Kier molecular flexibility index (Phi) is 8.40. The standard InChI is InChI=1S/C31H39N3O5S/c1-22-7-10-25(26(19-22)33-13-5-4-6-14-33)31(29-11-8-23(2)39-29)32-30(35)21-24-9-12-28(38-3)27(20-24)34-15-17-40(36,37)18-16-34/h7-12,19-20,31H,4-6,13-18,21H2,1-3H3,(H,32,35). The first kappa shape index (κ1) is 28.1. The number of nitrogens with one attached hydrogen (secondary N) is 1. The molecule has 8 nitrogen and oxygen atoms in total. The monoisotopic (exact) mass is 565 g/mol. The minimum Gasteiger partial charge on any atom is -0.495 e. The first-order valence-corrected chi connectivity index (χ1v) is 15.9. The molecule has 214 valence electrons. The predicted octanol–water partition coefficient (Wildman–Crippen LogP) is 4.58. The Bertz CT molecular complexity index is 1450. The van der Waals surface area contributed by atoms with Crippen LogP contribution in [0.2, 0.25) is 0 Å². The molecule has 1 unspecified atom stereocenters. The number of benzene rings is 2. The van der Waals surface area contributed by atoms with E-state index in [4.69, 9.17) is 9.15 Å². The third-order valence-corrected chi connectivity index (χ3v) is 9.45. The molecule has 1 N–H and O–H groups in total. The van der Waals surface area contributed by atoms with E-state index in [1.807, 2.05) is 42.2 Å². The van der Waals surface area contributed by atoms with E-state index in [2.05, 4.69) is 35.3 Å². The van der Waals surface area contributed by atoms with Crippen LogP contribution in [0, 0.1) is 13.8 Å². The summed E-state index contributed by atoms with van der Waals surface area (Å²) in [5, 5.41) is 3.27. The van der Waals surface area contributed by atoms with Gasteiger partial charge in [-0.15, -0.1) is 0 Å². The molecule has 2 saturated heterocycles. The molecule has 1 aromatic heterocycles. The summed E-state index contributed by atoms with van der Waals surface area (Å²) in [4.78, 5) is 18.0. The van der Waals surface area contributed by atoms with Gasteiger partial charge in [0.25, 0.3) is 0 Å². The van der Waals surface area contributed by atoms with Crippen LogP contribution in [0.4, 0.5) is 11.4 Å². The maximum absolute atomic E-state index is 13.6. The zero-order chi connectivity index (χ0) is 28.3. The fourth-order valence-electron chi connectivity index (χ4n) is 5.66. The highest BCUT2D eigenvalue weighted by Crippen LogP contribution is 2.35. The number of sulfone groups is 1. The van der Waals surface area contributed by atoms with E-state index in [1.165, 1.54) is 12.0 Å². The minimum atomic E-state index is -3.01. The molecule has 1 amide bonds. The lowest BCUT2D eigenvalue weighted by Crippen LogP contribution is -2.40. The molecule has 2 aliphatic rings. The van der Waals surface area contributed by atoms with Gasteiger partial charge in [-0.3, -0.25) is 4.79 Å². The van der Waals surface area contributed by atoms with E-state index in [1.54, 1.807) is 7.11 Å². The Morgan fingerprint density at radius 3 is 2.33 bits per heavy atom. The average Bonchev–Trinajstić information content (AvgIpc) is 3.38. The van der Waals surface area contributed by atoms with Crippen molar-refractivity contribution in [3.05, 3.63) is 76.7 Å².